The van der Waals surface area contributed by atoms with Crippen molar-refractivity contribution in [1.82, 2.24) is 9.78 Å². The molecule has 0 aliphatic carbocycles. The van der Waals surface area contributed by atoms with Crippen molar-refractivity contribution in [2.75, 3.05) is 6.54 Å². The Hall–Kier alpha value is -1.01. The molecule has 0 spiro atoms. The van der Waals surface area contributed by atoms with Crippen LogP contribution in [0.15, 0.2) is 0 Å². The van der Waals surface area contributed by atoms with Gasteiger partial charge in [0.25, 0.3) is 0 Å². The second kappa shape index (κ2) is 3.59. The molecule has 0 amide bonds. The molecule has 12 heavy (non-hydrogen) atoms. The first-order valence-electron chi connectivity index (χ1n) is 3.68. The van der Waals surface area contributed by atoms with E-state index in [4.69, 9.17) is 18.2 Å². The van der Waals surface area contributed by atoms with Crippen molar-refractivity contribution in [3.8, 4) is 0 Å². The standard InChI is InChI=1S/C8H10ClN3/c1-6-7(4-5-10-2)8(9)11-12(6)3/h4-5H2,1,3H3. The molecule has 0 atom stereocenters. The SMILES string of the molecule is [C-]#[N+]CCc1c(Cl)nn(C)c1C. The summed E-state index contributed by atoms with van der Waals surface area (Å²) in [6.45, 7) is 9.09. The summed E-state index contributed by atoms with van der Waals surface area (Å²) in [7, 11) is 1.85. The Morgan fingerprint density at radius 2 is 2.33 bits per heavy atom. The molecule has 64 valence electrons. The van der Waals surface area contributed by atoms with Crippen LogP contribution in [0.4, 0.5) is 0 Å². The maximum atomic E-state index is 6.65. The van der Waals surface area contributed by atoms with Crippen molar-refractivity contribution < 1.29 is 0 Å². The van der Waals surface area contributed by atoms with Crippen LogP contribution in [0, 0.1) is 13.5 Å². The minimum atomic E-state index is 0.478. The maximum Gasteiger partial charge on any atom is 0.218 e. The topological polar surface area (TPSA) is 22.2 Å². The first-order chi connectivity index (χ1) is 5.66. The van der Waals surface area contributed by atoms with E-state index < -0.39 is 0 Å². The summed E-state index contributed by atoms with van der Waals surface area (Å²) < 4.78 is 1.74. The predicted octanol–water partition coefficient (Wildman–Crippen LogP) is 1.84. The number of hydrogen-bond donors (Lipinski definition) is 0. The van der Waals surface area contributed by atoms with E-state index in [0.717, 1.165) is 11.3 Å². The first kappa shape index (κ1) is 9.08. The molecule has 0 radical (unpaired) electrons. The van der Waals surface area contributed by atoms with E-state index in [0.29, 0.717) is 18.1 Å². The molecule has 0 fully saturated rings. The van der Waals surface area contributed by atoms with Gasteiger partial charge in [0.15, 0.2) is 5.15 Å². The Bertz CT molecular complexity index is 322. The molecule has 1 aromatic heterocycles. The van der Waals surface area contributed by atoms with E-state index in [1.165, 1.54) is 0 Å². The van der Waals surface area contributed by atoms with Gasteiger partial charge in [-0.25, -0.2) is 6.57 Å². The van der Waals surface area contributed by atoms with Gasteiger partial charge in [0.05, 0.1) is 0 Å². The molecule has 4 heteroatoms. The minimum absolute atomic E-state index is 0.478. The number of halogens is 1. The molecular formula is C8H10ClN3. The van der Waals surface area contributed by atoms with Crippen LogP contribution in [0.2, 0.25) is 5.15 Å². The lowest BCUT2D eigenvalue weighted by atomic mass is 10.2. The van der Waals surface area contributed by atoms with E-state index in [1.807, 2.05) is 14.0 Å². The van der Waals surface area contributed by atoms with E-state index in [9.17, 15) is 0 Å². The molecule has 1 rings (SSSR count). The maximum absolute atomic E-state index is 6.65. The van der Waals surface area contributed by atoms with Crippen LogP contribution >= 0.6 is 11.6 Å². The van der Waals surface area contributed by atoms with Gasteiger partial charge in [-0.3, -0.25) is 4.68 Å². The van der Waals surface area contributed by atoms with E-state index >= 15 is 0 Å². The number of aromatic nitrogens is 2. The normalized spacial score (nSPS) is 9.83. The zero-order valence-corrected chi connectivity index (χ0v) is 7.89. The summed E-state index contributed by atoms with van der Waals surface area (Å²) in [5.74, 6) is 0. The lowest BCUT2D eigenvalue weighted by molar-refractivity contribution is 0.738. The average molecular weight is 184 g/mol. The molecule has 1 heterocycles. The van der Waals surface area contributed by atoms with Crippen LogP contribution in [0.25, 0.3) is 4.85 Å². The van der Waals surface area contributed by atoms with Crippen molar-refractivity contribution in [1.29, 1.82) is 0 Å². The van der Waals surface area contributed by atoms with Crippen LogP contribution in [-0.2, 0) is 13.5 Å². The fourth-order valence-corrected chi connectivity index (χ4v) is 1.41. The first-order valence-corrected chi connectivity index (χ1v) is 4.05. The Balaban J connectivity index is 2.91. The fraction of sp³-hybridized carbons (Fsp3) is 0.500. The molecule has 3 nitrogen and oxygen atoms in total. The molecule has 0 unspecified atom stereocenters. The van der Waals surface area contributed by atoms with Gasteiger partial charge in [-0.1, -0.05) is 11.6 Å². The van der Waals surface area contributed by atoms with Crippen molar-refractivity contribution in [3.63, 3.8) is 0 Å². The molecule has 0 N–H and O–H groups in total. The van der Waals surface area contributed by atoms with Gasteiger partial charge in [0.1, 0.15) is 0 Å². The molecule has 0 saturated heterocycles. The minimum Gasteiger partial charge on any atom is -0.317 e. The van der Waals surface area contributed by atoms with Crippen molar-refractivity contribution in [2.24, 2.45) is 7.05 Å². The van der Waals surface area contributed by atoms with Crippen LogP contribution in [-0.4, -0.2) is 16.3 Å². The Labute approximate surface area is 76.8 Å². The molecular weight excluding hydrogens is 174 g/mol. The molecule has 0 aliphatic rings. The summed E-state index contributed by atoms with van der Waals surface area (Å²) in [4.78, 5) is 3.28. The highest BCUT2D eigenvalue weighted by molar-refractivity contribution is 6.30. The third-order valence-electron chi connectivity index (χ3n) is 1.88. The van der Waals surface area contributed by atoms with Gasteiger partial charge in [0.2, 0.25) is 6.54 Å². The van der Waals surface area contributed by atoms with Crippen LogP contribution < -0.4 is 0 Å². The predicted molar refractivity (Wildman–Crippen MR) is 48.1 cm³/mol. The molecule has 0 aromatic carbocycles. The highest BCUT2D eigenvalue weighted by Crippen LogP contribution is 2.18. The zero-order valence-electron chi connectivity index (χ0n) is 7.13. The van der Waals surface area contributed by atoms with E-state index in [1.54, 1.807) is 4.68 Å². The second-order valence-corrected chi connectivity index (χ2v) is 2.97. The summed E-state index contributed by atoms with van der Waals surface area (Å²) in [5.41, 5.74) is 2.04. The highest BCUT2D eigenvalue weighted by atomic mass is 35.5. The summed E-state index contributed by atoms with van der Waals surface area (Å²) in [5, 5.41) is 4.57. The van der Waals surface area contributed by atoms with E-state index in [2.05, 4.69) is 9.94 Å². The Morgan fingerprint density at radius 3 is 2.75 bits per heavy atom. The number of aryl methyl sites for hydroxylation is 1. The van der Waals surface area contributed by atoms with Crippen LogP contribution in [0.1, 0.15) is 11.3 Å². The summed E-state index contributed by atoms with van der Waals surface area (Å²) in [6.07, 6.45) is 0.696. The molecule has 0 aliphatic heterocycles. The molecule has 1 aromatic rings. The monoisotopic (exact) mass is 183 g/mol. The average Bonchev–Trinajstić information content (AvgIpc) is 2.25. The second-order valence-electron chi connectivity index (χ2n) is 2.61. The van der Waals surface area contributed by atoms with Gasteiger partial charge < -0.3 is 4.85 Å². The number of nitrogens with zero attached hydrogens (tertiary/aromatic N) is 3. The molecule has 0 bridgehead atoms. The smallest absolute Gasteiger partial charge is 0.218 e. The van der Waals surface area contributed by atoms with Gasteiger partial charge in [0, 0.05) is 24.7 Å². The zero-order chi connectivity index (χ0) is 9.14. The summed E-state index contributed by atoms with van der Waals surface area (Å²) in [6, 6.07) is 0. The molecule has 0 saturated carbocycles. The van der Waals surface area contributed by atoms with Gasteiger partial charge in [-0.15, -0.1) is 0 Å². The number of rotatable bonds is 2. The van der Waals surface area contributed by atoms with Gasteiger partial charge >= 0.3 is 0 Å². The van der Waals surface area contributed by atoms with Crippen molar-refractivity contribution in [3.05, 3.63) is 27.8 Å². The third-order valence-corrected chi connectivity index (χ3v) is 2.19. The number of hydrogen-bond acceptors (Lipinski definition) is 1. The summed E-state index contributed by atoms with van der Waals surface area (Å²) >= 11 is 5.85. The third kappa shape index (κ3) is 1.59. The Kier molecular flexibility index (Phi) is 2.72. The van der Waals surface area contributed by atoms with E-state index in [-0.39, 0.29) is 0 Å². The lowest BCUT2D eigenvalue weighted by Gasteiger charge is -1.94. The largest absolute Gasteiger partial charge is 0.317 e. The quantitative estimate of drug-likeness (QED) is 0.642. The van der Waals surface area contributed by atoms with Crippen molar-refractivity contribution in [2.45, 2.75) is 13.3 Å². The van der Waals surface area contributed by atoms with Crippen LogP contribution in [0.5, 0.6) is 0 Å². The van der Waals surface area contributed by atoms with Gasteiger partial charge in [-0.05, 0) is 6.92 Å². The Morgan fingerprint density at radius 1 is 1.67 bits per heavy atom. The van der Waals surface area contributed by atoms with Gasteiger partial charge in [-0.2, -0.15) is 5.10 Å². The fourth-order valence-electron chi connectivity index (χ4n) is 1.06. The van der Waals surface area contributed by atoms with Crippen LogP contribution in [0.3, 0.4) is 0 Å². The lowest BCUT2D eigenvalue weighted by Crippen LogP contribution is -1.95. The van der Waals surface area contributed by atoms with Crippen molar-refractivity contribution >= 4 is 11.6 Å². The highest BCUT2D eigenvalue weighted by Gasteiger charge is 2.10.